The minimum atomic E-state index is -0.383. The molecule has 0 aromatic heterocycles. The lowest BCUT2D eigenvalue weighted by Gasteiger charge is -2.08. The Bertz CT molecular complexity index is 969. The van der Waals surface area contributed by atoms with Gasteiger partial charge >= 0.3 is 5.97 Å². The summed E-state index contributed by atoms with van der Waals surface area (Å²) in [5.74, 6) is 0.851. The minimum absolute atomic E-state index is 0.375. The fourth-order valence-electron chi connectivity index (χ4n) is 2.80. The van der Waals surface area contributed by atoms with Gasteiger partial charge in [0.15, 0.2) is 0 Å². The van der Waals surface area contributed by atoms with Crippen LogP contribution in [-0.4, -0.2) is 5.97 Å². The topological polar surface area (TPSA) is 59.3 Å². The van der Waals surface area contributed by atoms with Crippen molar-refractivity contribution in [2.24, 2.45) is 0 Å². The lowest BCUT2D eigenvalue weighted by Crippen LogP contribution is -2.08. The highest BCUT2D eigenvalue weighted by atomic mass is 16.5. The van der Waals surface area contributed by atoms with Crippen LogP contribution in [0.15, 0.2) is 72.8 Å². The largest absolute Gasteiger partial charge is 0.489 e. The van der Waals surface area contributed by atoms with Crippen molar-refractivity contribution in [3.8, 4) is 17.6 Å². The summed E-state index contributed by atoms with van der Waals surface area (Å²) in [5.41, 5.74) is 3.27. The Labute approximate surface area is 171 Å². The standard InChI is InChI=1S/C25H23NO3/c1-2-3-4-19-7-15-24(16-8-19)29-25(27)22-11-5-21(6-12-22)18-28-23-13-9-20(17-26)10-14-23/h5-16H,2-4,18H2,1H3. The maximum absolute atomic E-state index is 12.3. The van der Waals surface area contributed by atoms with Crippen LogP contribution in [0.5, 0.6) is 11.5 Å². The second-order valence-electron chi connectivity index (χ2n) is 6.76. The first-order valence-corrected chi connectivity index (χ1v) is 9.71. The van der Waals surface area contributed by atoms with E-state index in [9.17, 15) is 4.79 Å². The summed E-state index contributed by atoms with van der Waals surface area (Å²) in [6.07, 6.45) is 3.35. The summed E-state index contributed by atoms with van der Waals surface area (Å²) < 4.78 is 11.2. The summed E-state index contributed by atoms with van der Waals surface area (Å²) in [4.78, 5) is 12.3. The van der Waals surface area contributed by atoms with Gasteiger partial charge in [-0.2, -0.15) is 5.26 Å². The maximum atomic E-state index is 12.3. The number of nitriles is 1. The normalized spacial score (nSPS) is 10.2. The summed E-state index contributed by atoms with van der Waals surface area (Å²) in [5, 5.41) is 8.81. The molecule has 0 aliphatic carbocycles. The molecule has 0 bridgehead atoms. The number of rotatable bonds is 8. The number of carbonyl (C=O) groups excluding carboxylic acids is 1. The number of hydrogen-bond acceptors (Lipinski definition) is 4. The number of unbranched alkanes of at least 4 members (excludes halogenated alkanes) is 1. The molecule has 0 spiro atoms. The van der Waals surface area contributed by atoms with E-state index in [1.54, 1.807) is 36.4 Å². The molecule has 0 N–H and O–H groups in total. The van der Waals surface area contributed by atoms with Crippen molar-refractivity contribution in [2.45, 2.75) is 32.8 Å². The number of hydrogen-bond donors (Lipinski definition) is 0. The predicted molar refractivity (Wildman–Crippen MR) is 112 cm³/mol. The molecule has 0 aliphatic heterocycles. The summed E-state index contributed by atoms with van der Waals surface area (Å²) in [7, 11) is 0. The summed E-state index contributed by atoms with van der Waals surface area (Å²) in [6, 6.07) is 23.8. The van der Waals surface area contributed by atoms with Crippen molar-refractivity contribution in [3.05, 3.63) is 95.1 Å². The van der Waals surface area contributed by atoms with Crippen LogP contribution in [0.3, 0.4) is 0 Å². The molecule has 0 atom stereocenters. The summed E-state index contributed by atoms with van der Waals surface area (Å²) >= 11 is 0. The Morgan fingerprint density at radius 3 is 2.10 bits per heavy atom. The Morgan fingerprint density at radius 1 is 0.862 bits per heavy atom. The van der Waals surface area contributed by atoms with Crippen LogP contribution in [0.25, 0.3) is 0 Å². The van der Waals surface area contributed by atoms with Crippen LogP contribution in [0.1, 0.15) is 46.8 Å². The zero-order valence-corrected chi connectivity index (χ0v) is 16.4. The number of nitrogens with zero attached hydrogens (tertiary/aromatic N) is 1. The fourth-order valence-corrected chi connectivity index (χ4v) is 2.80. The van der Waals surface area contributed by atoms with Gasteiger partial charge in [-0.1, -0.05) is 37.6 Å². The highest BCUT2D eigenvalue weighted by Gasteiger charge is 2.09. The lowest BCUT2D eigenvalue weighted by molar-refractivity contribution is 0.0734. The molecular weight excluding hydrogens is 362 g/mol. The van der Waals surface area contributed by atoms with Crippen molar-refractivity contribution in [1.82, 2.24) is 0 Å². The van der Waals surface area contributed by atoms with Gasteiger partial charge in [-0.15, -0.1) is 0 Å². The van der Waals surface area contributed by atoms with Gasteiger partial charge in [0.25, 0.3) is 0 Å². The van der Waals surface area contributed by atoms with E-state index in [0.29, 0.717) is 29.2 Å². The van der Waals surface area contributed by atoms with Crippen LogP contribution >= 0.6 is 0 Å². The molecule has 3 rings (SSSR count). The SMILES string of the molecule is CCCCc1ccc(OC(=O)c2ccc(COc3ccc(C#N)cc3)cc2)cc1. The first kappa shape index (κ1) is 20.2. The third-order valence-electron chi connectivity index (χ3n) is 4.53. The molecule has 0 saturated heterocycles. The maximum Gasteiger partial charge on any atom is 0.343 e. The van der Waals surface area contributed by atoms with Crippen molar-refractivity contribution < 1.29 is 14.3 Å². The lowest BCUT2D eigenvalue weighted by atomic mass is 10.1. The van der Waals surface area contributed by atoms with E-state index < -0.39 is 0 Å². The van der Waals surface area contributed by atoms with Crippen LogP contribution in [0.2, 0.25) is 0 Å². The van der Waals surface area contributed by atoms with Crippen LogP contribution in [-0.2, 0) is 13.0 Å². The molecule has 3 aromatic rings. The number of carbonyl (C=O) groups is 1. The Hall–Kier alpha value is -3.58. The van der Waals surface area contributed by atoms with Gasteiger partial charge in [-0.05, 0) is 72.5 Å². The van der Waals surface area contributed by atoms with Gasteiger partial charge in [0.2, 0.25) is 0 Å². The molecule has 4 heteroatoms. The van der Waals surface area contributed by atoms with Crippen molar-refractivity contribution in [1.29, 1.82) is 5.26 Å². The van der Waals surface area contributed by atoms with E-state index in [1.807, 2.05) is 36.4 Å². The highest BCUT2D eigenvalue weighted by molar-refractivity contribution is 5.91. The average Bonchev–Trinajstić information content (AvgIpc) is 2.78. The molecule has 0 heterocycles. The summed E-state index contributed by atoms with van der Waals surface area (Å²) in [6.45, 7) is 2.54. The Balaban J connectivity index is 1.53. The molecule has 0 radical (unpaired) electrons. The molecule has 0 unspecified atom stereocenters. The third kappa shape index (κ3) is 5.95. The number of esters is 1. The Kier molecular flexibility index (Phi) is 7.02. The van der Waals surface area contributed by atoms with Gasteiger partial charge in [0.05, 0.1) is 17.2 Å². The van der Waals surface area contributed by atoms with E-state index in [0.717, 1.165) is 24.8 Å². The van der Waals surface area contributed by atoms with Gasteiger partial charge in [0, 0.05) is 0 Å². The second-order valence-corrected chi connectivity index (χ2v) is 6.76. The van der Waals surface area contributed by atoms with E-state index in [-0.39, 0.29) is 5.97 Å². The quantitative estimate of drug-likeness (QED) is 0.369. The molecule has 0 aliphatic rings. The van der Waals surface area contributed by atoms with Gasteiger partial charge in [0.1, 0.15) is 18.1 Å². The van der Waals surface area contributed by atoms with E-state index in [1.165, 1.54) is 5.56 Å². The third-order valence-corrected chi connectivity index (χ3v) is 4.53. The number of ether oxygens (including phenoxy) is 2. The predicted octanol–water partition coefficient (Wildman–Crippen LogP) is 5.70. The zero-order valence-electron chi connectivity index (χ0n) is 16.4. The van der Waals surface area contributed by atoms with E-state index in [2.05, 4.69) is 13.0 Å². The minimum Gasteiger partial charge on any atom is -0.489 e. The molecule has 0 amide bonds. The molecular formula is C25H23NO3. The first-order valence-electron chi connectivity index (χ1n) is 9.71. The molecule has 3 aromatic carbocycles. The van der Waals surface area contributed by atoms with Crippen LogP contribution in [0.4, 0.5) is 0 Å². The molecule has 0 saturated carbocycles. The van der Waals surface area contributed by atoms with E-state index in [4.69, 9.17) is 14.7 Å². The van der Waals surface area contributed by atoms with Crippen molar-refractivity contribution >= 4 is 5.97 Å². The smallest absolute Gasteiger partial charge is 0.343 e. The van der Waals surface area contributed by atoms with Gasteiger partial charge < -0.3 is 9.47 Å². The molecule has 0 fully saturated rings. The molecule has 29 heavy (non-hydrogen) atoms. The van der Waals surface area contributed by atoms with Crippen LogP contribution < -0.4 is 9.47 Å². The average molecular weight is 385 g/mol. The fraction of sp³-hybridized carbons (Fsp3) is 0.200. The van der Waals surface area contributed by atoms with Crippen molar-refractivity contribution in [2.75, 3.05) is 0 Å². The first-order chi connectivity index (χ1) is 14.2. The Morgan fingerprint density at radius 2 is 1.48 bits per heavy atom. The van der Waals surface area contributed by atoms with Gasteiger partial charge in [-0.3, -0.25) is 0 Å². The van der Waals surface area contributed by atoms with Crippen molar-refractivity contribution in [3.63, 3.8) is 0 Å². The monoisotopic (exact) mass is 385 g/mol. The highest BCUT2D eigenvalue weighted by Crippen LogP contribution is 2.17. The van der Waals surface area contributed by atoms with E-state index >= 15 is 0 Å². The van der Waals surface area contributed by atoms with Gasteiger partial charge in [-0.25, -0.2) is 4.79 Å². The van der Waals surface area contributed by atoms with Crippen LogP contribution in [0, 0.1) is 11.3 Å². The zero-order chi connectivity index (χ0) is 20.5. The second kappa shape index (κ2) is 10.1. The number of benzene rings is 3. The molecule has 4 nitrogen and oxygen atoms in total. The number of aryl methyl sites for hydroxylation is 1. The molecule has 146 valence electrons.